The number of hydrogen-bond acceptors (Lipinski definition) is 17. The summed E-state index contributed by atoms with van der Waals surface area (Å²) in [5.41, 5.74) is 3.31. The fraction of sp³-hybridized carbons (Fsp3) is 0.619. The molecule has 0 amide bonds. The van der Waals surface area contributed by atoms with Crippen LogP contribution in [0.25, 0.3) is 0 Å². The van der Waals surface area contributed by atoms with Gasteiger partial charge < -0.3 is 19.9 Å². The van der Waals surface area contributed by atoms with Crippen LogP contribution in [0.3, 0.4) is 0 Å². The summed E-state index contributed by atoms with van der Waals surface area (Å²) in [4.78, 5) is 72.9. The van der Waals surface area contributed by atoms with Gasteiger partial charge >= 0.3 is 17.9 Å². The standard InChI is InChI=1S/2C20H25FN2O4S.C20H27FN2O2S.3CH4/c2*1-19(2,3)27-18(24)11-17-22-20(9-5-4-6-13(20)12-28-17)15-10-14(23(25)26)7-8-16(15)21;1-19(2,3)25-18(24)11-17-23-20(9-5-4-6-13(20)12-26-17)15-10-14(22)7-8-16(15)21;;;/h2*7-8,10,13H,4-6,9,11-12H2,1-3H3;7-8,10,13H,4-6,9,11-12,22H2,1-3H3;3*1H4/t3*13-,20-;;;/m000.../s1. The number of fused-ring (bicyclic) bond motifs is 3. The number of nitro benzene ring substituents is 2. The molecule has 3 saturated carbocycles. The highest BCUT2D eigenvalue weighted by molar-refractivity contribution is 8.14. The first kappa shape index (κ1) is 72.0. The van der Waals surface area contributed by atoms with E-state index in [1.54, 1.807) is 65.4 Å². The van der Waals surface area contributed by atoms with E-state index in [-0.39, 0.29) is 106 Å². The SMILES string of the molecule is C.C.C.CC(C)(C)OC(=O)CC1=N[C@@]2(c3cc(N)ccc3F)CCCC[C@H]2CS1.CC(C)(C)OC(=O)CC1=N[C@@]2(c3cc([N+](=O)[O-])ccc3F)CCCC[C@H]2CS1.CC(C)(C)OC(=O)CC1=N[C@@]2(c3cc([N+](=O)[O-])ccc3F)CCCC[C@H]2CS1. The number of thioether (sulfide) groups is 3. The molecular weight excluding hydrogens is 1150 g/mol. The number of esters is 3. The second kappa shape index (κ2) is 29.5. The maximum absolute atomic E-state index is 14.8. The van der Waals surface area contributed by atoms with Crippen LogP contribution in [0.4, 0.5) is 30.2 Å². The van der Waals surface area contributed by atoms with Gasteiger partial charge in [-0.15, -0.1) is 35.3 Å². The summed E-state index contributed by atoms with van der Waals surface area (Å²) in [6.07, 6.45) is 11.0. The third-order valence-electron chi connectivity index (χ3n) is 15.3. The lowest BCUT2D eigenvalue weighted by Crippen LogP contribution is -2.42. The minimum Gasteiger partial charge on any atom is -0.460 e. The second-order valence-corrected chi connectivity index (χ2v) is 28.2. The lowest BCUT2D eigenvalue weighted by atomic mass is 9.69. The first-order chi connectivity index (χ1) is 38.4. The Kier molecular flexibility index (Phi) is 25.0. The van der Waals surface area contributed by atoms with Crippen molar-refractivity contribution < 1.29 is 51.6 Å². The van der Waals surface area contributed by atoms with Crippen LogP contribution in [-0.2, 0) is 45.2 Å². The van der Waals surface area contributed by atoms with Crippen LogP contribution in [-0.4, -0.2) is 76.9 Å². The highest BCUT2D eigenvalue weighted by Gasteiger charge is 2.50. The van der Waals surface area contributed by atoms with Crippen molar-refractivity contribution in [3.63, 3.8) is 0 Å². The number of nitrogens with two attached hydrogens (primary N) is 1. The number of halogens is 3. The average Bonchev–Trinajstić information content (AvgIpc) is 2.49. The van der Waals surface area contributed by atoms with E-state index in [0.29, 0.717) is 45.7 Å². The quantitative estimate of drug-likeness (QED) is 0.0619. The van der Waals surface area contributed by atoms with Crippen LogP contribution in [0, 0.1) is 55.4 Å². The molecule has 22 heteroatoms. The number of nitro groups is 2. The summed E-state index contributed by atoms with van der Waals surface area (Å²) in [6.45, 7) is 16.4. The Labute approximate surface area is 513 Å². The van der Waals surface area contributed by atoms with Crippen molar-refractivity contribution in [2.24, 2.45) is 32.7 Å². The zero-order valence-corrected chi connectivity index (χ0v) is 50.9. The molecule has 0 bridgehead atoms. The molecule has 3 heterocycles. The van der Waals surface area contributed by atoms with Crippen LogP contribution < -0.4 is 5.73 Å². The number of carbonyl (C=O) groups is 3. The van der Waals surface area contributed by atoms with Crippen LogP contribution in [0.1, 0.15) is 198 Å². The normalized spacial score (nSPS) is 24.3. The van der Waals surface area contributed by atoms with E-state index in [4.69, 9.17) is 34.9 Å². The fourth-order valence-corrected chi connectivity index (χ4v) is 15.8. The van der Waals surface area contributed by atoms with Gasteiger partial charge in [-0.2, -0.15) is 0 Å². The zero-order valence-electron chi connectivity index (χ0n) is 48.4. The van der Waals surface area contributed by atoms with Gasteiger partial charge in [-0.25, -0.2) is 13.2 Å². The molecule has 0 spiro atoms. The number of ether oxygens (including phenoxy) is 3. The molecule has 0 saturated heterocycles. The van der Waals surface area contributed by atoms with Crippen molar-refractivity contribution in [1.82, 2.24) is 0 Å². The zero-order chi connectivity index (χ0) is 60.0. The summed E-state index contributed by atoms with van der Waals surface area (Å²) in [6, 6.07) is 12.0. The molecule has 6 atom stereocenters. The van der Waals surface area contributed by atoms with E-state index in [1.165, 1.54) is 53.9 Å². The molecule has 3 aliphatic carbocycles. The van der Waals surface area contributed by atoms with Crippen molar-refractivity contribution in [2.75, 3.05) is 23.0 Å². The molecule has 3 fully saturated rings. The summed E-state index contributed by atoms with van der Waals surface area (Å²) in [7, 11) is 0. The molecule has 3 aromatic carbocycles. The number of anilines is 1. The Morgan fingerprint density at radius 2 is 0.800 bits per heavy atom. The molecule has 3 aliphatic heterocycles. The molecule has 3 aromatic rings. The van der Waals surface area contributed by atoms with Gasteiger partial charge in [0.2, 0.25) is 0 Å². The number of carbonyl (C=O) groups excluding carboxylic acids is 3. The van der Waals surface area contributed by atoms with E-state index in [2.05, 4.69) is 0 Å². The monoisotopic (exact) mass is 1240 g/mol. The van der Waals surface area contributed by atoms with Crippen molar-refractivity contribution >= 4 is 85.4 Å². The molecule has 0 radical (unpaired) electrons. The fourth-order valence-electron chi connectivity index (χ4n) is 12.0. The predicted octanol–water partition coefficient (Wildman–Crippen LogP) is 16.6. The van der Waals surface area contributed by atoms with Gasteiger partial charge in [0.25, 0.3) is 11.4 Å². The number of aliphatic imine (C=N–C) groups is 3. The average molecular weight is 1240 g/mol. The molecular formula is C63H89F3N6O10S3. The lowest BCUT2D eigenvalue weighted by molar-refractivity contribution is -0.385. The lowest BCUT2D eigenvalue weighted by Gasteiger charge is -2.45. The van der Waals surface area contributed by atoms with E-state index < -0.39 is 54.9 Å². The van der Waals surface area contributed by atoms with Gasteiger partial charge in [0.1, 0.15) is 34.3 Å². The molecule has 9 rings (SSSR count). The Morgan fingerprint density at radius 3 is 1.08 bits per heavy atom. The van der Waals surface area contributed by atoms with Crippen molar-refractivity contribution in [2.45, 2.75) is 214 Å². The van der Waals surface area contributed by atoms with Crippen LogP contribution >= 0.6 is 35.3 Å². The number of rotatable bonds is 11. The van der Waals surface area contributed by atoms with E-state index in [0.717, 1.165) is 87.1 Å². The largest absolute Gasteiger partial charge is 0.460 e. The van der Waals surface area contributed by atoms with Gasteiger partial charge in [-0.05, 0) is 149 Å². The summed E-state index contributed by atoms with van der Waals surface area (Å²) < 4.78 is 60.5. The molecule has 0 aromatic heterocycles. The Morgan fingerprint density at radius 1 is 0.518 bits per heavy atom. The number of benzene rings is 3. The Bertz CT molecular complexity index is 2860. The molecule has 6 aliphatic rings. The molecule has 16 nitrogen and oxygen atoms in total. The topological polar surface area (TPSA) is 228 Å². The summed E-state index contributed by atoms with van der Waals surface area (Å²) in [5.74, 6) is 0.443. The minimum atomic E-state index is -0.850. The van der Waals surface area contributed by atoms with Crippen LogP contribution in [0.5, 0.6) is 0 Å². The molecule has 470 valence electrons. The van der Waals surface area contributed by atoms with Gasteiger partial charge in [-0.1, -0.05) is 60.8 Å². The van der Waals surface area contributed by atoms with Crippen molar-refractivity contribution in [3.8, 4) is 0 Å². The molecule has 85 heavy (non-hydrogen) atoms. The highest BCUT2D eigenvalue weighted by Crippen LogP contribution is 2.54. The molecule has 0 unspecified atom stereocenters. The number of nitrogens with zero attached hydrogens (tertiary/aromatic N) is 5. The predicted molar refractivity (Wildman–Crippen MR) is 339 cm³/mol. The number of nitrogen functional groups attached to an aromatic ring is 1. The highest BCUT2D eigenvalue weighted by atomic mass is 32.2. The first-order valence-electron chi connectivity index (χ1n) is 28.2. The first-order valence-corrected chi connectivity index (χ1v) is 31.1. The van der Waals surface area contributed by atoms with Gasteiger partial charge in [0.05, 0.1) is 60.9 Å². The molecule has 2 N–H and O–H groups in total. The van der Waals surface area contributed by atoms with E-state index >= 15 is 0 Å². The van der Waals surface area contributed by atoms with Gasteiger partial charge in [0.15, 0.2) is 0 Å². The minimum absolute atomic E-state index is 0. The smallest absolute Gasteiger partial charge is 0.312 e. The van der Waals surface area contributed by atoms with Gasteiger partial charge in [0, 0.05) is 63.9 Å². The maximum atomic E-state index is 14.8. The number of non-ortho nitro benzene ring substituents is 2. The maximum Gasteiger partial charge on any atom is 0.312 e. The second-order valence-electron chi connectivity index (χ2n) is 24.9. The third kappa shape index (κ3) is 18.3. The summed E-state index contributed by atoms with van der Waals surface area (Å²) >= 11 is 4.61. The number of hydrogen-bond donors (Lipinski definition) is 1. The van der Waals surface area contributed by atoms with Crippen LogP contribution in [0.15, 0.2) is 69.6 Å². The Balaban J connectivity index is 0.000000269. The van der Waals surface area contributed by atoms with Gasteiger partial charge in [-0.3, -0.25) is 49.6 Å². The van der Waals surface area contributed by atoms with Crippen LogP contribution in [0.2, 0.25) is 0 Å². The third-order valence-corrected chi connectivity index (χ3v) is 18.7. The van der Waals surface area contributed by atoms with Crippen molar-refractivity contribution in [3.05, 3.63) is 109 Å². The summed E-state index contributed by atoms with van der Waals surface area (Å²) in [5, 5.41) is 24.4. The van der Waals surface area contributed by atoms with Crippen molar-refractivity contribution in [1.29, 1.82) is 0 Å². The van der Waals surface area contributed by atoms with E-state index in [9.17, 15) is 47.8 Å². The Hall–Kier alpha value is -5.48. The van der Waals surface area contributed by atoms with E-state index in [1.807, 2.05) is 20.8 Å².